The van der Waals surface area contributed by atoms with Gasteiger partial charge in [-0.05, 0) is 48.7 Å². The predicted molar refractivity (Wildman–Crippen MR) is 81.0 cm³/mol. The zero-order valence-corrected chi connectivity index (χ0v) is 12.4. The SMILES string of the molecule is COC(=O)c1ccc(F)cc1NCc1ccc(C)c(C)c1. The number of anilines is 1. The van der Waals surface area contributed by atoms with E-state index in [0.717, 1.165) is 5.56 Å². The Bertz CT molecular complexity index is 668. The topological polar surface area (TPSA) is 38.3 Å². The van der Waals surface area contributed by atoms with Crippen LogP contribution in [0, 0.1) is 19.7 Å². The van der Waals surface area contributed by atoms with Crippen molar-refractivity contribution >= 4 is 11.7 Å². The highest BCUT2D eigenvalue weighted by molar-refractivity contribution is 5.95. The highest BCUT2D eigenvalue weighted by Crippen LogP contribution is 2.20. The Labute approximate surface area is 123 Å². The Morgan fingerprint density at radius 3 is 2.57 bits per heavy atom. The molecule has 0 unspecified atom stereocenters. The number of rotatable bonds is 4. The van der Waals surface area contributed by atoms with Crippen molar-refractivity contribution < 1.29 is 13.9 Å². The summed E-state index contributed by atoms with van der Waals surface area (Å²) in [5.41, 5.74) is 4.24. The van der Waals surface area contributed by atoms with Crippen LogP contribution in [0.15, 0.2) is 36.4 Å². The van der Waals surface area contributed by atoms with E-state index < -0.39 is 11.8 Å². The number of carbonyl (C=O) groups excluding carboxylic acids is 1. The molecule has 110 valence electrons. The number of halogens is 1. The van der Waals surface area contributed by atoms with Crippen LogP contribution in [0.4, 0.5) is 10.1 Å². The van der Waals surface area contributed by atoms with Crippen molar-refractivity contribution in [3.63, 3.8) is 0 Å². The van der Waals surface area contributed by atoms with Crippen LogP contribution < -0.4 is 5.32 Å². The molecule has 0 saturated heterocycles. The molecule has 0 bridgehead atoms. The Morgan fingerprint density at radius 2 is 1.90 bits per heavy atom. The lowest BCUT2D eigenvalue weighted by atomic mass is 10.1. The third kappa shape index (κ3) is 3.60. The number of ether oxygens (including phenoxy) is 1. The van der Waals surface area contributed by atoms with Gasteiger partial charge in [-0.1, -0.05) is 18.2 Å². The number of aryl methyl sites for hydroxylation is 2. The Balaban J connectivity index is 2.20. The third-order valence-electron chi connectivity index (χ3n) is 3.44. The van der Waals surface area contributed by atoms with Crippen LogP contribution in [0.5, 0.6) is 0 Å². The Kier molecular flexibility index (Phi) is 4.58. The summed E-state index contributed by atoms with van der Waals surface area (Å²) in [5, 5.41) is 3.09. The molecule has 2 aromatic carbocycles. The van der Waals surface area contributed by atoms with E-state index >= 15 is 0 Å². The quantitative estimate of drug-likeness (QED) is 0.868. The van der Waals surface area contributed by atoms with E-state index in [1.807, 2.05) is 19.1 Å². The highest BCUT2D eigenvalue weighted by atomic mass is 19.1. The molecule has 2 rings (SSSR count). The molecule has 0 aromatic heterocycles. The molecule has 4 heteroatoms. The smallest absolute Gasteiger partial charge is 0.339 e. The molecular weight excluding hydrogens is 269 g/mol. The molecule has 0 heterocycles. The van der Waals surface area contributed by atoms with Gasteiger partial charge in [0.25, 0.3) is 0 Å². The second-order valence-electron chi connectivity index (χ2n) is 4.95. The van der Waals surface area contributed by atoms with Gasteiger partial charge in [0.2, 0.25) is 0 Å². The monoisotopic (exact) mass is 287 g/mol. The normalized spacial score (nSPS) is 10.3. The van der Waals surface area contributed by atoms with Crippen molar-refractivity contribution in [3.8, 4) is 0 Å². The van der Waals surface area contributed by atoms with E-state index in [1.165, 1.54) is 36.4 Å². The summed E-state index contributed by atoms with van der Waals surface area (Å²) in [4.78, 5) is 11.7. The summed E-state index contributed by atoms with van der Waals surface area (Å²) in [6.45, 7) is 4.60. The van der Waals surface area contributed by atoms with E-state index in [4.69, 9.17) is 4.74 Å². The van der Waals surface area contributed by atoms with E-state index in [-0.39, 0.29) is 0 Å². The van der Waals surface area contributed by atoms with Gasteiger partial charge in [-0.25, -0.2) is 9.18 Å². The van der Waals surface area contributed by atoms with Crippen LogP contribution in [0.2, 0.25) is 0 Å². The first-order chi connectivity index (χ1) is 10.0. The lowest BCUT2D eigenvalue weighted by Gasteiger charge is -2.12. The molecule has 21 heavy (non-hydrogen) atoms. The average Bonchev–Trinajstić information content (AvgIpc) is 2.48. The van der Waals surface area contributed by atoms with Crippen molar-refractivity contribution in [1.29, 1.82) is 0 Å². The first-order valence-corrected chi connectivity index (χ1v) is 6.69. The number of methoxy groups -OCH3 is 1. The highest BCUT2D eigenvalue weighted by Gasteiger charge is 2.12. The maximum atomic E-state index is 13.4. The standard InChI is InChI=1S/C17H18FNO2/c1-11-4-5-13(8-12(11)2)10-19-16-9-14(18)6-7-15(16)17(20)21-3/h4-9,19H,10H2,1-3H3. The van der Waals surface area contributed by atoms with Crippen molar-refractivity contribution in [2.45, 2.75) is 20.4 Å². The lowest BCUT2D eigenvalue weighted by molar-refractivity contribution is 0.0602. The van der Waals surface area contributed by atoms with Gasteiger partial charge in [-0.15, -0.1) is 0 Å². The number of nitrogens with one attached hydrogen (secondary N) is 1. The van der Waals surface area contributed by atoms with Gasteiger partial charge in [0, 0.05) is 6.54 Å². The molecule has 0 saturated carbocycles. The minimum Gasteiger partial charge on any atom is -0.465 e. The zero-order chi connectivity index (χ0) is 15.4. The van der Waals surface area contributed by atoms with Crippen LogP contribution in [-0.4, -0.2) is 13.1 Å². The number of benzene rings is 2. The lowest BCUT2D eigenvalue weighted by Crippen LogP contribution is -2.09. The second-order valence-corrected chi connectivity index (χ2v) is 4.95. The molecular formula is C17H18FNO2. The summed E-state index contributed by atoms with van der Waals surface area (Å²) in [6, 6.07) is 10.1. The van der Waals surface area contributed by atoms with Gasteiger partial charge < -0.3 is 10.1 Å². The third-order valence-corrected chi connectivity index (χ3v) is 3.44. The number of hydrogen-bond donors (Lipinski definition) is 1. The fourth-order valence-corrected chi connectivity index (χ4v) is 2.06. The van der Waals surface area contributed by atoms with E-state index in [2.05, 4.69) is 18.3 Å². The molecule has 0 aliphatic rings. The number of hydrogen-bond acceptors (Lipinski definition) is 3. The number of esters is 1. The minimum atomic E-state index is -0.488. The molecule has 0 amide bonds. The Morgan fingerprint density at radius 1 is 1.14 bits per heavy atom. The fourth-order valence-electron chi connectivity index (χ4n) is 2.06. The molecule has 0 radical (unpaired) electrons. The molecule has 0 atom stereocenters. The van der Waals surface area contributed by atoms with Crippen LogP contribution >= 0.6 is 0 Å². The zero-order valence-electron chi connectivity index (χ0n) is 12.4. The van der Waals surface area contributed by atoms with Crippen molar-refractivity contribution in [2.75, 3.05) is 12.4 Å². The molecule has 0 aliphatic heterocycles. The number of carbonyl (C=O) groups is 1. The predicted octanol–water partition coefficient (Wildman–Crippen LogP) is 3.84. The van der Waals surface area contributed by atoms with Crippen molar-refractivity contribution in [3.05, 3.63) is 64.5 Å². The minimum absolute atomic E-state index is 0.322. The largest absolute Gasteiger partial charge is 0.465 e. The summed E-state index contributed by atoms with van der Waals surface area (Å²) in [6.07, 6.45) is 0. The van der Waals surface area contributed by atoms with Gasteiger partial charge in [0.15, 0.2) is 0 Å². The maximum absolute atomic E-state index is 13.4. The van der Waals surface area contributed by atoms with Gasteiger partial charge in [-0.3, -0.25) is 0 Å². The summed E-state index contributed by atoms with van der Waals surface area (Å²) in [7, 11) is 1.30. The van der Waals surface area contributed by atoms with Crippen LogP contribution in [-0.2, 0) is 11.3 Å². The molecule has 3 nitrogen and oxygen atoms in total. The average molecular weight is 287 g/mol. The van der Waals surface area contributed by atoms with Crippen LogP contribution in [0.1, 0.15) is 27.0 Å². The van der Waals surface area contributed by atoms with Crippen LogP contribution in [0.25, 0.3) is 0 Å². The summed E-state index contributed by atoms with van der Waals surface area (Å²) >= 11 is 0. The molecule has 0 fully saturated rings. The second kappa shape index (κ2) is 6.39. The van der Waals surface area contributed by atoms with Crippen molar-refractivity contribution in [2.24, 2.45) is 0 Å². The van der Waals surface area contributed by atoms with Gasteiger partial charge >= 0.3 is 5.97 Å². The van der Waals surface area contributed by atoms with Crippen LogP contribution in [0.3, 0.4) is 0 Å². The first-order valence-electron chi connectivity index (χ1n) is 6.69. The fraction of sp³-hybridized carbons (Fsp3) is 0.235. The molecule has 2 aromatic rings. The molecule has 1 N–H and O–H groups in total. The molecule has 0 aliphatic carbocycles. The maximum Gasteiger partial charge on any atom is 0.339 e. The van der Waals surface area contributed by atoms with Gasteiger partial charge in [0.1, 0.15) is 5.82 Å². The summed E-state index contributed by atoms with van der Waals surface area (Å²) < 4.78 is 18.1. The van der Waals surface area contributed by atoms with E-state index in [9.17, 15) is 9.18 Å². The van der Waals surface area contributed by atoms with E-state index in [1.54, 1.807) is 0 Å². The Hall–Kier alpha value is -2.36. The van der Waals surface area contributed by atoms with Gasteiger partial charge in [-0.2, -0.15) is 0 Å². The first kappa shape index (κ1) is 15.0. The van der Waals surface area contributed by atoms with E-state index in [0.29, 0.717) is 17.8 Å². The van der Waals surface area contributed by atoms with Gasteiger partial charge in [0.05, 0.1) is 18.4 Å². The molecule has 0 spiro atoms. The summed E-state index contributed by atoms with van der Waals surface area (Å²) in [5.74, 6) is -0.886. The van der Waals surface area contributed by atoms with Crippen molar-refractivity contribution in [1.82, 2.24) is 0 Å².